The molecule has 1 N–H and O–H groups in total. The number of anilines is 1. The van der Waals surface area contributed by atoms with Gasteiger partial charge in [-0.1, -0.05) is 72.8 Å². The number of piperidine rings is 1. The summed E-state index contributed by atoms with van der Waals surface area (Å²) in [5.74, 6) is 0.449. The summed E-state index contributed by atoms with van der Waals surface area (Å²) in [6, 6.07) is 30.9. The molecule has 2 atom stereocenters. The van der Waals surface area contributed by atoms with Gasteiger partial charge in [-0.15, -0.1) is 0 Å². The fourth-order valence-corrected chi connectivity index (χ4v) is 4.99. The van der Waals surface area contributed by atoms with E-state index in [2.05, 4.69) is 107 Å². The van der Waals surface area contributed by atoms with Gasteiger partial charge in [0.05, 0.1) is 6.04 Å². The van der Waals surface area contributed by atoms with E-state index in [1.807, 2.05) is 0 Å². The molecule has 0 aliphatic carbocycles. The zero-order chi connectivity index (χ0) is 21.8. The van der Waals surface area contributed by atoms with Gasteiger partial charge in [0, 0.05) is 56.5 Å². The number of nitrogens with zero attached hydrogens (tertiary/aromatic N) is 3. The van der Waals surface area contributed by atoms with E-state index >= 15 is 0 Å². The lowest BCUT2D eigenvalue weighted by molar-refractivity contribution is 0.220. The van der Waals surface area contributed by atoms with Gasteiger partial charge in [0.2, 0.25) is 0 Å². The van der Waals surface area contributed by atoms with E-state index in [0.717, 1.165) is 39.1 Å². The van der Waals surface area contributed by atoms with Crippen molar-refractivity contribution in [1.82, 2.24) is 10.3 Å². The van der Waals surface area contributed by atoms with Crippen molar-refractivity contribution in [1.29, 1.82) is 0 Å². The van der Waals surface area contributed by atoms with Gasteiger partial charge in [-0.3, -0.25) is 4.90 Å². The third-order valence-corrected chi connectivity index (χ3v) is 6.78. The Morgan fingerprint density at radius 3 is 2.28 bits per heavy atom. The highest BCUT2D eigenvalue weighted by atomic mass is 15.4. The van der Waals surface area contributed by atoms with Crippen molar-refractivity contribution in [3.8, 4) is 0 Å². The molecule has 164 valence electrons. The Kier molecular flexibility index (Phi) is 6.22. The standard InChI is InChI=1S/C28H32N4/c1-2-32(20-23-11-7-4-8-12-23)25-15-13-24(14-16-25)28-26-21-31(18-17-27(26)29-30-28)19-22-9-5-3-6-10-22/h3-16,26,28,30H,2,17-21H2,1H3. The van der Waals surface area contributed by atoms with Crippen molar-refractivity contribution in [2.45, 2.75) is 32.5 Å². The predicted octanol–water partition coefficient (Wildman–Crippen LogP) is 5.24. The third-order valence-electron chi connectivity index (χ3n) is 6.78. The molecule has 32 heavy (non-hydrogen) atoms. The first-order valence-corrected chi connectivity index (χ1v) is 11.8. The van der Waals surface area contributed by atoms with Crippen LogP contribution in [0.3, 0.4) is 0 Å². The molecule has 3 aromatic rings. The average molecular weight is 425 g/mol. The maximum absolute atomic E-state index is 4.72. The number of fused-ring (bicyclic) bond motifs is 1. The topological polar surface area (TPSA) is 30.9 Å². The lowest BCUT2D eigenvalue weighted by atomic mass is 9.86. The second-order valence-corrected chi connectivity index (χ2v) is 8.88. The van der Waals surface area contributed by atoms with Gasteiger partial charge >= 0.3 is 0 Å². The lowest BCUT2D eigenvalue weighted by Crippen LogP contribution is -2.41. The molecule has 2 unspecified atom stereocenters. The van der Waals surface area contributed by atoms with E-state index in [-0.39, 0.29) is 6.04 Å². The maximum atomic E-state index is 4.72. The van der Waals surface area contributed by atoms with Crippen molar-refractivity contribution in [3.63, 3.8) is 0 Å². The van der Waals surface area contributed by atoms with Crippen LogP contribution in [0.15, 0.2) is 90.0 Å². The van der Waals surface area contributed by atoms with Gasteiger partial charge in [0.15, 0.2) is 0 Å². The van der Waals surface area contributed by atoms with Crippen LogP contribution in [0.5, 0.6) is 0 Å². The normalized spacial score (nSPS) is 20.3. The number of likely N-dealkylation sites (tertiary alicyclic amines) is 1. The van der Waals surface area contributed by atoms with Gasteiger partial charge < -0.3 is 10.3 Å². The summed E-state index contributed by atoms with van der Waals surface area (Å²) in [5, 5.41) is 4.72. The smallest absolute Gasteiger partial charge is 0.0782 e. The van der Waals surface area contributed by atoms with Crippen molar-refractivity contribution in [3.05, 3.63) is 102 Å². The monoisotopic (exact) mass is 424 g/mol. The molecule has 1 fully saturated rings. The van der Waals surface area contributed by atoms with Crippen molar-refractivity contribution < 1.29 is 0 Å². The van der Waals surface area contributed by atoms with Gasteiger partial charge in [0.25, 0.3) is 0 Å². The first-order chi connectivity index (χ1) is 15.8. The summed E-state index contributed by atoms with van der Waals surface area (Å²) in [6.45, 7) is 7.30. The zero-order valence-electron chi connectivity index (χ0n) is 18.8. The summed E-state index contributed by atoms with van der Waals surface area (Å²) in [6.07, 6.45) is 1.06. The zero-order valence-corrected chi connectivity index (χ0v) is 18.8. The molecule has 0 aromatic heterocycles. The number of nitrogens with one attached hydrogen (secondary N) is 1. The SMILES string of the molecule is CCN(Cc1ccccc1)c1ccc(C2NN=C3CCN(Cc4ccccc4)CC32)cc1. The second-order valence-electron chi connectivity index (χ2n) is 8.88. The minimum Gasteiger partial charge on any atom is -0.367 e. The Morgan fingerprint density at radius 2 is 1.59 bits per heavy atom. The van der Waals surface area contributed by atoms with E-state index in [1.54, 1.807) is 0 Å². The summed E-state index contributed by atoms with van der Waals surface area (Å²) in [7, 11) is 0. The number of benzene rings is 3. The summed E-state index contributed by atoms with van der Waals surface area (Å²) in [5.41, 5.74) is 10.1. The summed E-state index contributed by atoms with van der Waals surface area (Å²) < 4.78 is 0. The van der Waals surface area contributed by atoms with Crippen LogP contribution in [-0.2, 0) is 13.1 Å². The van der Waals surface area contributed by atoms with Gasteiger partial charge in [0.1, 0.15) is 0 Å². The highest BCUT2D eigenvalue weighted by Gasteiger charge is 2.36. The van der Waals surface area contributed by atoms with Gasteiger partial charge in [-0.25, -0.2) is 0 Å². The number of hydrogen-bond donors (Lipinski definition) is 1. The van der Waals surface area contributed by atoms with E-state index in [4.69, 9.17) is 5.10 Å². The lowest BCUT2D eigenvalue weighted by Gasteiger charge is -2.33. The molecule has 0 spiro atoms. The van der Waals surface area contributed by atoms with Crippen LogP contribution in [0.25, 0.3) is 0 Å². The molecule has 0 bridgehead atoms. The van der Waals surface area contributed by atoms with Crippen LogP contribution in [0.2, 0.25) is 0 Å². The Bertz CT molecular complexity index is 1030. The number of hydrazone groups is 1. The largest absolute Gasteiger partial charge is 0.367 e. The first kappa shape index (κ1) is 20.8. The Morgan fingerprint density at radius 1 is 0.906 bits per heavy atom. The molecule has 3 aromatic carbocycles. The molecular weight excluding hydrogens is 392 g/mol. The fourth-order valence-electron chi connectivity index (χ4n) is 4.99. The quantitative estimate of drug-likeness (QED) is 0.563. The molecule has 0 amide bonds. The predicted molar refractivity (Wildman–Crippen MR) is 133 cm³/mol. The Balaban J connectivity index is 1.26. The number of rotatable bonds is 7. The second kappa shape index (κ2) is 9.58. The molecule has 2 heterocycles. The molecule has 4 nitrogen and oxygen atoms in total. The van der Waals surface area contributed by atoms with Gasteiger partial charge in [-0.2, -0.15) is 5.10 Å². The first-order valence-electron chi connectivity index (χ1n) is 11.8. The van der Waals surface area contributed by atoms with Crippen LogP contribution >= 0.6 is 0 Å². The molecule has 4 heteroatoms. The molecule has 0 saturated carbocycles. The maximum Gasteiger partial charge on any atom is 0.0782 e. The molecule has 2 aliphatic rings. The summed E-state index contributed by atoms with van der Waals surface area (Å²) >= 11 is 0. The minimum atomic E-state index is 0.266. The number of hydrogen-bond acceptors (Lipinski definition) is 4. The van der Waals surface area contributed by atoms with Crippen LogP contribution in [-0.4, -0.2) is 30.2 Å². The molecule has 1 saturated heterocycles. The highest BCUT2D eigenvalue weighted by molar-refractivity contribution is 5.90. The van der Waals surface area contributed by atoms with Crippen LogP contribution in [0, 0.1) is 5.92 Å². The average Bonchev–Trinajstić information content (AvgIpc) is 3.27. The van der Waals surface area contributed by atoms with E-state index in [1.165, 1.54) is 28.1 Å². The minimum absolute atomic E-state index is 0.266. The Labute approximate surface area is 191 Å². The van der Waals surface area contributed by atoms with Crippen LogP contribution in [0.1, 0.15) is 36.1 Å². The van der Waals surface area contributed by atoms with E-state index in [0.29, 0.717) is 5.92 Å². The van der Waals surface area contributed by atoms with Crippen molar-refractivity contribution in [2.24, 2.45) is 11.0 Å². The summed E-state index contributed by atoms with van der Waals surface area (Å²) in [4.78, 5) is 5.00. The molecule has 2 aliphatic heterocycles. The van der Waals surface area contributed by atoms with Crippen molar-refractivity contribution in [2.75, 3.05) is 24.5 Å². The molecular formula is C28H32N4. The highest BCUT2D eigenvalue weighted by Crippen LogP contribution is 2.34. The van der Waals surface area contributed by atoms with Crippen molar-refractivity contribution >= 4 is 11.4 Å². The molecule has 5 rings (SSSR count). The van der Waals surface area contributed by atoms with Gasteiger partial charge in [-0.05, 0) is 35.7 Å². The third kappa shape index (κ3) is 4.56. The van der Waals surface area contributed by atoms with E-state index in [9.17, 15) is 0 Å². The van der Waals surface area contributed by atoms with Crippen LogP contribution in [0.4, 0.5) is 5.69 Å². The Hall–Kier alpha value is -3.11. The fraction of sp³-hybridized carbons (Fsp3) is 0.321. The molecule has 0 radical (unpaired) electrons. The van der Waals surface area contributed by atoms with E-state index < -0.39 is 0 Å². The van der Waals surface area contributed by atoms with Crippen LogP contribution < -0.4 is 10.3 Å².